The van der Waals surface area contributed by atoms with Gasteiger partial charge in [-0.15, -0.1) is 0 Å². The second-order valence-corrected chi connectivity index (χ2v) is 6.76. The molecule has 4 rings (SSSR count). The van der Waals surface area contributed by atoms with Crippen molar-refractivity contribution in [2.75, 3.05) is 11.4 Å². The first-order valence-corrected chi connectivity index (χ1v) is 9.32. The molecule has 0 unspecified atom stereocenters. The predicted molar refractivity (Wildman–Crippen MR) is 105 cm³/mol. The van der Waals surface area contributed by atoms with Gasteiger partial charge in [0.15, 0.2) is 0 Å². The number of rotatable bonds is 5. The first-order chi connectivity index (χ1) is 13.7. The van der Waals surface area contributed by atoms with E-state index < -0.39 is 0 Å². The molecular formula is C22H20N4O2. The molecule has 6 heteroatoms. The first kappa shape index (κ1) is 17.8. The van der Waals surface area contributed by atoms with Crippen molar-refractivity contribution in [3.8, 4) is 17.6 Å². The van der Waals surface area contributed by atoms with Gasteiger partial charge < -0.3 is 14.6 Å². The summed E-state index contributed by atoms with van der Waals surface area (Å²) in [5.74, 6) is 2.08. The Morgan fingerprint density at radius 2 is 2.14 bits per heavy atom. The topological polar surface area (TPSA) is 82.0 Å². The van der Waals surface area contributed by atoms with Crippen molar-refractivity contribution in [1.29, 1.82) is 5.26 Å². The van der Waals surface area contributed by atoms with Crippen LogP contribution in [0.1, 0.15) is 36.2 Å². The minimum atomic E-state index is 0.140. The van der Waals surface area contributed by atoms with Gasteiger partial charge in [0.25, 0.3) is 0 Å². The number of hydrogen-bond acceptors (Lipinski definition) is 4. The molecule has 0 saturated carbocycles. The van der Waals surface area contributed by atoms with E-state index in [1.54, 1.807) is 23.4 Å². The van der Waals surface area contributed by atoms with Crippen molar-refractivity contribution < 1.29 is 9.53 Å². The Morgan fingerprint density at radius 3 is 2.93 bits per heavy atom. The number of nitrogens with one attached hydrogen (secondary N) is 1. The number of aromatic amines is 1. The lowest BCUT2D eigenvalue weighted by Gasteiger charge is -2.27. The molecule has 1 aliphatic heterocycles. The summed E-state index contributed by atoms with van der Waals surface area (Å²) in [7, 11) is 0. The van der Waals surface area contributed by atoms with Gasteiger partial charge in [-0.3, -0.25) is 4.79 Å². The highest BCUT2D eigenvalue weighted by Crippen LogP contribution is 2.30. The standard InChI is InChI=1S/C22H20N4O2/c23-15-17-8-7-16(13-21-24-9-10-25-21)12-20(17)28-19-5-3-4-18(14-19)26-11-2-1-6-22(26)27/h3-5,7-10,12,14H,1-2,6,11,13H2,(H,24,25). The molecular weight excluding hydrogens is 352 g/mol. The van der Waals surface area contributed by atoms with Crippen LogP contribution in [0.5, 0.6) is 11.5 Å². The van der Waals surface area contributed by atoms with Gasteiger partial charge in [-0.25, -0.2) is 4.98 Å². The zero-order chi connectivity index (χ0) is 19.3. The predicted octanol–water partition coefficient (Wildman–Crippen LogP) is 4.18. The largest absolute Gasteiger partial charge is 0.456 e. The third-order valence-electron chi connectivity index (χ3n) is 4.77. The number of carbonyl (C=O) groups is 1. The van der Waals surface area contributed by atoms with Crippen molar-refractivity contribution in [1.82, 2.24) is 9.97 Å². The van der Waals surface area contributed by atoms with E-state index in [2.05, 4.69) is 16.0 Å². The third-order valence-corrected chi connectivity index (χ3v) is 4.77. The van der Waals surface area contributed by atoms with Gasteiger partial charge in [-0.1, -0.05) is 12.1 Å². The third kappa shape index (κ3) is 3.89. The van der Waals surface area contributed by atoms with E-state index in [4.69, 9.17) is 4.74 Å². The molecule has 140 valence electrons. The molecule has 1 aliphatic rings. The molecule has 1 fully saturated rings. The molecule has 1 aromatic heterocycles. The Morgan fingerprint density at radius 1 is 1.21 bits per heavy atom. The summed E-state index contributed by atoms with van der Waals surface area (Å²) in [6.07, 6.45) is 6.65. The summed E-state index contributed by atoms with van der Waals surface area (Å²) >= 11 is 0. The molecule has 3 aromatic rings. The van der Waals surface area contributed by atoms with Crippen molar-refractivity contribution in [2.45, 2.75) is 25.7 Å². The smallest absolute Gasteiger partial charge is 0.226 e. The van der Waals surface area contributed by atoms with E-state index in [0.29, 0.717) is 29.9 Å². The summed E-state index contributed by atoms with van der Waals surface area (Å²) in [6, 6.07) is 15.2. The Kier molecular flexibility index (Phi) is 5.07. The molecule has 0 aliphatic carbocycles. The average Bonchev–Trinajstić information content (AvgIpc) is 3.22. The normalized spacial score (nSPS) is 14.0. The number of nitriles is 1. The van der Waals surface area contributed by atoms with Crippen LogP contribution in [0.2, 0.25) is 0 Å². The highest BCUT2D eigenvalue weighted by Gasteiger charge is 2.20. The number of aromatic nitrogens is 2. The lowest BCUT2D eigenvalue weighted by molar-refractivity contribution is -0.119. The SMILES string of the molecule is N#Cc1ccc(Cc2ncc[nH]2)cc1Oc1cccc(N2CCCCC2=O)c1. The lowest BCUT2D eigenvalue weighted by Crippen LogP contribution is -2.35. The maximum Gasteiger partial charge on any atom is 0.226 e. The highest BCUT2D eigenvalue weighted by atomic mass is 16.5. The second-order valence-electron chi connectivity index (χ2n) is 6.76. The summed E-state index contributed by atoms with van der Waals surface area (Å²) in [5.41, 5.74) is 2.28. The van der Waals surface area contributed by atoms with Crippen molar-refractivity contribution in [2.24, 2.45) is 0 Å². The minimum absolute atomic E-state index is 0.140. The molecule has 0 atom stereocenters. The molecule has 1 N–H and O–H groups in total. The van der Waals surface area contributed by atoms with Gasteiger partial charge in [0.2, 0.25) is 5.91 Å². The van der Waals surface area contributed by atoms with E-state index in [-0.39, 0.29) is 5.91 Å². The van der Waals surface area contributed by atoms with E-state index in [1.165, 1.54) is 0 Å². The number of H-pyrrole nitrogens is 1. The molecule has 2 aromatic carbocycles. The maximum absolute atomic E-state index is 12.2. The number of imidazole rings is 1. The minimum Gasteiger partial charge on any atom is -0.456 e. The monoisotopic (exact) mass is 372 g/mol. The molecule has 28 heavy (non-hydrogen) atoms. The Labute approximate surface area is 163 Å². The summed E-state index contributed by atoms with van der Waals surface area (Å²) in [6.45, 7) is 0.727. The van der Waals surface area contributed by atoms with Gasteiger partial charge in [-0.2, -0.15) is 5.26 Å². The molecule has 1 amide bonds. The summed E-state index contributed by atoms with van der Waals surface area (Å²) in [4.78, 5) is 21.3. The Bertz CT molecular complexity index is 1020. The summed E-state index contributed by atoms with van der Waals surface area (Å²) < 4.78 is 6.04. The maximum atomic E-state index is 12.2. The Hall–Kier alpha value is -3.59. The van der Waals surface area contributed by atoms with Crippen molar-refractivity contribution >= 4 is 11.6 Å². The van der Waals surface area contributed by atoms with Crippen LogP contribution in [-0.2, 0) is 11.2 Å². The number of nitrogens with zero attached hydrogens (tertiary/aromatic N) is 3. The van der Waals surface area contributed by atoms with Gasteiger partial charge in [0, 0.05) is 43.5 Å². The summed E-state index contributed by atoms with van der Waals surface area (Å²) in [5, 5.41) is 9.44. The molecule has 2 heterocycles. The van der Waals surface area contributed by atoms with Gasteiger partial charge in [0.1, 0.15) is 23.4 Å². The van der Waals surface area contributed by atoms with Gasteiger partial charge >= 0.3 is 0 Å². The second kappa shape index (κ2) is 7.97. The fourth-order valence-corrected chi connectivity index (χ4v) is 3.36. The van der Waals surface area contributed by atoms with Crippen LogP contribution >= 0.6 is 0 Å². The van der Waals surface area contributed by atoms with E-state index in [0.717, 1.165) is 36.5 Å². The van der Waals surface area contributed by atoms with Gasteiger partial charge in [-0.05, 0) is 42.7 Å². The zero-order valence-corrected chi connectivity index (χ0v) is 15.4. The van der Waals surface area contributed by atoms with E-state index in [9.17, 15) is 10.1 Å². The van der Waals surface area contributed by atoms with Crippen LogP contribution < -0.4 is 9.64 Å². The fraction of sp³-hybridized carbons (Fsp3) is 0.227. The van der Waals surface area contributed by atoms with E-state index in [1.807, 2.05) is 36.4 Å². The van der Waals surface area contributed by atoms with Crippen LogP contribution in [0, 0.1) is 11.3 Å². The van der Waals surface area contributed by atoms with Crippen LogP contribution in [-0.4, -0.2) is 22.4 Å². The number of carbonyl (C=O) groups excluding carboxylic acids is 1. The van der Waals surface area contributed by atoms with Crippen molar-refractivity contribution in [3.05, 3.63) is 71.8 Å². The molecule has 0 spiro atoms. The number of hydrogen-bond donors (Lipinski definition) is 1. The lowest BCUT2D eigenvalue weighted by atomic mass is 10.1. The van der Waals surface area contributed by atoms with Crippen molar-refractivity contribution in [3.63, 3.8) is 0 Å². The number of amides is 1. The van der Waals surface area contributed by atoms with E-state index >= 15 is 0 Å². The zero-order valence-electron chi connectivity index (χ0n) is 15.4. The fourth-order valence-electron chi connectivity index (χ4n) is 3.36. The Balaban J connectivity index is 1.59. The first-order valence-electron chi connectivity index (χ1n) is 9.32. The van der Waals surface area contributed by atoms with Crippen LogP contribution in [0.25, 0.3) is 0 Å². The van der Waals surface area contributed by atoms with Crippen LogP contribution in [0.15, 0.2) is 54.9 Å². The number of benzene rings is 2. The van der Waals surface area contributed by atoms with Gasteiger partial charge in [0.05, 0.1) is 5.56 Å². The van der Waals surface area contributed by atoms with Crippen LogP contribution in [0.3, 0.4) is 0 Å². The molecule has 1 saturated heterocycles. The molecule has 0 bridgehead atoms. The average molecular weight is 372 g/mol. The number of ether oxygens (including phenoxy) is 1. The number of anilines is 1. The number of piperidine rings is 1. The molecule has 0 radical (unpaired) electrons. The highest BCUT2D eigenvalue weighted by molar-refractivity contribution is 5.94. The van der Waals surface area contributed by atoms with Crippen LogP contribution in [0.4, 0.5) is 5.69 Å². The quantitative estimate of drug-likeness (QED) is 0.728. The molecule has 6 nitrogen and oxygen atoms in total.